The number of halogens is 1. The number of allylic oxidation sites excluding steroid dienone is 4. The van der Waals surface area contributed by atoms with Crippen molar-refractivity contribution in [3.8, 4) is 0 Å². The van der Waals surface area contributed by atoms with Crippen molar-refractivity contribution in [3.63, 3.8) is 0 Å². The lowest BCUT2D eigenvalue weighted by molar-refractivity contribution is 0.386. The summed E-state index contributed by atoms with van der Waals surface area (Å²) in [5.74, 6) is 0. The molecule has 0 bridgehead atoms. The van der Waals surface area contributed by atoms with Crippen LogP contribution in [0, 0.1) is 0 Å². The average Bonchev–Trinajstić information content (AvgIpc) is 3.03. The molecule has 0 heterocycles. The van der Waals surface area contributed by atoms with Crippen LogP contribution in [-0.4, -0.2) is 29.6 Å². The first-order valence-electron chi connectivity index (χ1n) is 19.8. The lowest BCUT2D eigenvalue weighted by atomic mass is 10.1. The molecule has 268 valence electrons. The number of nitrogens with zero attached hydrogens (tertiary/aromatic N) is 1. The van der Waals surface area contributed by atoms with Crippen LogP contribution in [0.4, 0.5) is 0 Å². The third kappa shape index (κ3) is 33.8. The predicted octanol–water partition coefficient (Wildman–Crippen LogP) is 13.8. The van der Waals surface area contributed by atoms with Gasteiger partial charge in [0.05, 0.1) is 0 Å². The first-order valence-corrected chi connectivity index (χ1v) is 22.7. The quantitative estimate of drug-likeness (QED) is 0.0291. The molecule has 0 aliphatic heterocycles. The van der Waals surface area contributed by atoms with Gasteiger partial charge in [0.2, 0.25) is 0 Å². The second-order valence-electron chi connectivity index (χ2n) is 13.4. The van der Waals surface area contributed by atoms with Gasteiger partial charge >= 0.3 is 0 Å². The Bertz CT molecular complexity index is 687. The molecule has 0 radical (unpaired) electrons. The predicted molar refractivity (Wildman–Crippen MR) is 209 cm³/mol. The van der Waals surface area contributed by atoms with Crippen LogP contribution in [0.15, 0.2) is 24.3 Å². The summed E-state index contributed by atoms with van der Waals surface area (Å²) >= 11 is 3.54. The van der Waals surface area contributed by atoms with Gasteiger partial charge in [-0.1, -0.05) is 170 Å². The number of hydrogen-bond donors (Lipinski definition) is 2. The van der Waals surface area contributed by atoms with Gasteiger partial charge in [-0.25, -0.2) is 9.76 Å². The smallest absolute Gasteiger partial charge is 0.271 e. The second kappa shape index (κ2) is 36.9. The molecule has 0 amide bonds. The lowest BCUT2D eigenvalue weighted by Gasteiger charge is -2.29. The van der Waals surface area contributed by atoms with Crippen molar-refractivity contribution in [1.82, 2.24) is 9.76 Å². The molecule has 0 aromatic heterocycles. The fourth-order valence-electron chi connectivity index (χ4n) is 5.90. The fraction of sp³-hybridized carbons (Fsp3) is 0.897. The maximum atomic E-state index is 13.3. The molecular weight excluding hydrogens is 637 g/mol. The minimum absolute atomic E-state index is 0.757. The van der Waals surface area contributed by atoms with Gasteiger partial charge in [-0.15, -0.1) is 0 Å². The van der Waals surface area contributed by atoms with Gasteiger partial charge in [0.25, 0.3) is 7.59 Å². The summed E-state index contributed by atoms with van der Waals surface area (Å²) in [6.07, 6.45) is 47.1. The van der Waals surface area contributed by atoms with Crippen LogP contribution in [0.3, 0.4) is 0 Å². The highest BCUT2D eigenvalue weighted by molar-refractivity contribution is 9.09. The first kappa shape index (κ1) is 45.1. The topological polar surface area (TPSA) is 58.4 Å². The molecule has 0 fully saturated rings. The summed E-state index contributed by atoms with van der Waals surface area (Å²) in [7, 11) is -2.96. The molecule has 0 aliphatic carbocycles. The van der Waals surface area contributed by atoms with E-state index in [1.165, 1.54) is 167 Å². The largest absolute Gasteiger partial charge is 0.279 e. The van der Waals surface area contributed by atoms with Gasteiger partial charge in [-0.2, -0.15) is 0 Å². The van der Waals surface area contributed by atoms with E-state index in [1.807, 2.05) is 4.67 Å². The molecule has 1 unspecified atom stereocenters. The van der Waals surface area contributed by atoms with Crippen molar-refractivity contribution in [3.05, 3.63) is 24.3 Å². The molecule has 0 aliphatic rings. The molecule has 3 N–H and O–H groups in total. The Morgan fingerprint density at radius 3 is 1.24 bits per heavy atom. The van der Waals surface area contributed by atoms with Crippen LogP contribution in [0.2, 0.25) is 0 Å². The summed E-state index contributed by atoms with van der Waals surface area (Å²) in [4.78, 5) is 0. The van der Waals surface area contributed by atoms with Gasteiger partial charge in [-0.3, -0.25) is 10.1 Å². The van der Waals surface area contributed by atoms with E-state index in [9.17, 15) is 4.57 Å². The number of hydrogen-bond acceptors (Lipinski definition) is 1. The zero-order valence-electron chi connectivity index (χ0n) is 30.4. The van der Waals surface area contributed by atoms with Gasteiger partial charge in [0.1, 0.15) is 0 Å². The molecule has 0 aromatic carbocycles. The molecule has 0 aromatic rings. The molecule has 0 saturated heterocycles. The highest BCUT2D eigenvalue weighted by Gasteiger charge is 2.24. The molecule has 6 heteroatoms. The third-order valence-corrected chi connectivity index (χ3v) is 11.4. The molecule has 0 spiro atoms. The highest BCUT2D eigenvalue weighted by atomic mass is 79.9. The maximum absolute atomic E-state index is 13.3. The Hall–Kier alpha value is 0.0700. The molecule has 4 nitrogen and oxygen atoms in total. The molecular formula is C39H79BrN3OP. The van der Waals surface area contributed by atoms with E-state index in [0.717, 1.165) is 44.2 Å². The molecule has 1 atom stereocenters. The van der Waals surface area contributed by atoms with Crippen LogP contribution in [0.25, 0.3) is 0 Å². The number of rotatable bonds is 37. The van der Waals surface area contributed by atoms with Gasteiger partial charge in [-0.05, 0) is 70.6 Å². The number of nitrogens with one attached hydrogen (secondary N) is 1. The zero-order valence-corrected chi connectivity index (χ0v) is 32.9. The number of alkyl halides is 1. The van der Waals surface area contributed by atoms with Crippen molar-refractivity contribution >= 4 is 23.5 Å². The summed E-state index contributed by atoms with van der Waals surface area (Å²) in [6.45, 7) is 6.95. The van der Waals surface area contributed by atoms with E-state index in [2.05, 4.69) is 59.2 Å². The Morgan fingerprint density at radius 1 is 0.511 bits per heavy atom. The van der Waals surface area contributed by atoms with Crippen LogP contribution < -0.4 is 10.6 Å². The van der Waals surface area contributed by atoms with E-state index in [0.29, 0.717) is 0 Å². The first-order chi connectivity index (χ1) is 22.1. The van der Waals surface area contributed by atoms with E-state index in [1.54, 1.807) is 0 Å². The summed E-state index contributed by atoms with van der Waals surface area (Å²) < 4.78 is 15.4. The van der Waals surface area contributed by atoms with Crippen molar-refractivity contribution < 1.29 is 4.57 Å². The maximum Gasteiger partial charge on any atom is 0.279 e. The van der Waals surface area contributed by atoms with Crippen molar-refractivity contribution in [2.24, 2.45) is 5.50 Å². The second-order valence-corrected chi connectivity index (χ2v) is 16.3. The Kier molecular flexibility index (Phi) is 37.0. The van der Waals surface area contributed by atoms with E-state index < -0.39 is 7.59 Å². The minimum Gasteiger partial charge on any atom is -0.271 e. The van der Waals surface area contributed by atoms with Crippen LogP contribution in [-0.2, 0) is 4.57 Å². The van der Waals surface area contributed by atoms with E-state index in [4.69, 9.17) is 5.50 Å². The Balaban J connectivity index is 3.79. The van der Waals surface area contributed by atoms with Crippen LogP contribution in [0.1, 0.15) is 200 Å². The van der Waals surface area contributed by atoms with E-state index >= 15 is 0 Å². The van der Waals surface area contributed by atoms with Crippen molar-refractivity contribution in [1.29, 1.82) is 0 Å². The van der Waals surface area contributed by atoms with Gasteiger partial charge in [0.15, 0.2) is 0 Å². The number of nitrogens with two attached hydrogens (primary N) is 1. The Labute approximate surface area is 291 Å². The lowest BCUT2D eigenvalue weighted by Crippen LogP contribution is -2.34. The fourth-order valence-corrected chi connectivity index (χ4v) is 7.71. The van der Waals surface area contributed by atoms with Crippen LogP contribution >= 0.6 is 23.5 Å². The average molecular weight is 717 g/mol. The highest BCUT2D eigenvalue weighted by Crippen LogP contribution is 2.37. The standard InChI is InChI=1S/C39H79BrN3OP/c1-3-5-7-9-11-13-15-17-19-21-23-25-27-29-31-33-37-42-45(41,44)43(39-35-36-40)38-34-32-30-28-26-24-22-20-18-16-14-12-10-8-6-4-2/h17-20H,3-16,21-39H2,1-2H3,(H3,41,42,44). The van der Waals surface area contributed by atoms with Crippen molar-refractivity contribution in [2.75, 3.05) is 25.0 Å². The SMILES string of the molecule is CCCCCCCCC=CCCCCCCCCNP(N)(=O)N(CCCBr)CCCCCCCCC=CCCCCCCCC. The van der Waals surface area contributed by atoms with Crippen molar-refractivity contribution in [2.45, 2.75) is 200 Å². The summed E-state index contributed by atoms with van der Waals surface area (Å²) in [6, 6.07) is 0. The monoisotopic (exact) mass is 716 g/mol. The van der Waals surface area contributed by atoms with Crippen LogP contribution in [0.5, 0.6) is 0 Å². The normalized spacial score (nSPS) is 13.5. The van der Waals surface area contributed by atoms with E-state index in [-0.39, 0.29) is 0 Å². The zero-order chi connectivity index (χ0) is 32.9. The molecule has 0 rings (SSSR count). The number of unbranched alkanes of at least 4 members (excludes halogenated alkanes) is 24. The minimum atomic E-state index is -2.96. The summed E-state index contributed by atoms with van der Waals surface area (Å²) in [5.41, 5.74) is 6.38. The van der Waals surface area contributed by atoms with Gasteiger partial charge in [0, 0.05) is 25.0 Å². The Morgan fingerprint density at radius 2 is 0.844 bits per heavy atom. The van der Waals surface area contributed by atoms with Gasteiger partial charge < -0.3 is 0 Å². The summed E-state index contributed by atoms with van der Waals surface area (Å²) in [5, 5.41) is 4.17. The molecule has 45 heavy (non-hydrogen) atoms. The third-order valence-electron chi connectivity index (χ3n) is 8.93. The molecule has 0 saturated carbocycles.